The van der Waals surface area contributed by atoms with E-state index < -0.39 is 4.92 Å². The van der Waals surface area contributed by atoms with Crippen LogP contribution in [-0.4, -0.2) is 22.0 Å². The van der Waals surface area contributed by atoms with Crippen LogP contribution in [0.3, 0.4) is 0 Å². The maximum Gasteiger partial charge on any atom is 0.269 e. The molecule has 0 radical (unpaired) electrons. The van der Waals surface area contributed by atoms with Crippen molar-refractivity contribution in [3.05, 3.63) is 70.4 Å². The summed E-state index contributed by atoms with van der Waals surface area (Å²) in [5, 5.41) is 13.9. The summed E-state index contributed by atoms with van der Waals surface area (Å²) in [4.78, 5) is 17.7. The summed E-state index contributed by atoms with van der Waals surface area (Å²) in [5.74, 6) is 1.44. The minimum atomic E-state index is -0.419. The second-order valence-corrected chi connectivity index (χ2v) is 5.15. The van der Waals surface area contributed by atoms with Crippen LogP contribution in [-0.2, 0) is 6.54 Å². The zero-order valence-corrected chi connectivity index (χ0v) is 13.0. The smallest absolute Gasteiger partial charge is 0.269 e. The highest BCUT2D eigenvalue weighted by Crippen LogP contribution is 2.22. The number of aromatic amines is 1. The number of rotatable bonds is 6. The number of imidazole rings is 1. The van der Waals surface area contributed by atoms with Gasteiger partial charge in [0.1, 0.15) is 5.75 Å². The molecular formula is C17H16N4O3. The van der Waals surface area contributed by atoms with E-state index >= 15 is 0 Å². The van der Waals surface area contributed by atoms with Gasteiger partial charge >= 0.3 is 0 Å². The fourth-order valence-corrected chi connectivity index (χ4v) is 2.29. The number of nitrogens with one attached hydrogen (secondary N) is 2. The molecule has 0 saturated heterocycles. The molecule has 2 aromatic carbocycles. The molecule has 0 saturated carbocycles. The van der Waals surface area contributed by atoms with E-state index in [9.17, 15) is 10.1 Å². The number of nitro groups is 1. The van der Waals surface area contributed by atoms with Crippen LogP contribution < -0.4 is 10.1 Å². The standard InChI is InChI=1S/C17H16N4O3/c1-24-15-4-2-3-12(9-15)10-18-17-19-11-16(20-17)13-5-7-14(8-6-13)21(22)23/h2-9,11H,10H2,1H3,(H2,18,19,20). The first-order chi connectivity index (χ1) is 11.7. The van der Waals surface area contributed by atoms with Gasteiger partial charge in [-0.3, -0.25) is 10.1 Å². The number of H-pyrrole nitrogens is 1. The summed E-state index contributed by atoms with van der Waals surface area (Å²) in [6, 6.07) is 14.1. The summed E-state index contributed by atoms with van der Waals surface area (Å²) in [7, 11) is 1.63. The fraction of sp³-hybridized carbons (Fsp3) is 0.118. The van der Waals surface area contributed by atoms with Gasteiger partial charge in [0.05, 0.1) is 23.9 Å². The van der Waals surface area contributed by atoms with Crippen molar-refractivity contribution < 1.29 is 9.66 Å². The zero-order chi connectivity index (χ0) is 16.9. The molecule has 0 amide bonds. The number of aromatic nitrogens is 2. The lowest BCUT2D eigenvalue weighted by molar-refractivity contribution is -0.384. The van der Waals surface area contributed by atoms with Gasteiger partial charge in [-0.2, -0.15) is 0 Å². The average Bonchev–Trinajstić information content (AvgIpc) is 3.09. The Labute approximate surface area is 138 Å². The number of non-ortho nitro benzene ring substituents is 1. The van der Waals surface area contributed by atoms with Gasteiger partial charge in [-0.15, -0.1) is 0 Å². The Morgan fingerprint density at radius 2 is 2.04 bits per heavy atom. The van der Waals surface area contributed by atoms with Gasteiger partial charge in [0.15, 0.2) is 0 Å². The molecule has 0 fully saturated rings. The number of methoxy groups -OCH3 is 1. The maximum atomic E-state index is 10.7. The van der Waals surface area contributed by atoms with Crippen molar-refractivity contribution in [3.8, 4) is 17.0 Å². The van der Waals surface area contributed by atoms with Crippen LogP contribution in [0.15, 0.2) is 54.7 Å². The summed E-state index contributed by atoms with van der Waals surface area (Å²) < 4.78 is 5.20. The molecule has 0 aliphatic carbocycles. The molecule has 0 unspecified atom stereocenters. The highest BCUT2D eigenvalue weighted by molar-refractivity contribution is 5.62. The number of anilines is 1. The second kappa shape index (κ2) is 6.82. The Hall–Kier alpha value is -3.35. The number of hydrogen-bond acceptors (Lipinski definition) is 5. The Morgan fingerprint density at radius 3 is 2.75 bits per heavy atom. The largest absolute Gasteiger partial charge is 0.497 e. The van der Waals surface area contributed by atoms with E-state index in [1.807, 2.05) is 24.3 Å². The summed E-state index contributed by atoms with van der Waals surface area (Å²) >= 11 is 0. The van der Waals surface area contributed by atoms with Crippen molar-refractivity contribution in [1.82, 2.24) is 9.97 Å². The number of hydrogen-bond donors (Lipinski definition) is 2. The van der Waals surface area contributed by atoms with E-state index in [-0.39, 0.29) is 5.69 Å². The van der Waals surface area contributed by atoms with E-state index in [2.05, 4.69) is 15.3 Å². The minimum Gasteiger partial charge on any atom is -0.497 e. The van der Waals surface area contributed by atoms with Gasteiger partial charge in [0.2, 0.25) is 5.95 Å². The van der Waals surface area contributed by atoms with Gasteiger partial charge in [0.25, 0.3) is 5.69 Å². The molecule has 0 aliphatic rings. The van der Waals surface area contributed by atoms with Crippen molar-refractivity contribution in [2.45, 2.75) is 6.54 Å². The van der Waals surface area contributed by atoms with E-state index in [4.69, 9.17) is 4.74 Å². The lowest BCUT2D eigenvalue weighted by Gasteiger charge is -2.05. The first-order valence-electron chi connectivity index (χ1n) is 7.32. The molecule has 24 heavy (non-hydrogen) atoms. The molecule has 0 bridgehead atoms. The number of ether oxygens (including phenoxy) is 1. The van der Waals surface area contributed by atoms with Gasteiger partial charge in [-0.05, 0) is 29.8 Å². The topological polar surface area (TPSA) is 93.1 Å². The van der Waals surface area contributed by atoms with E-state index in [1.165, 1.54) is 12.1 Å². The molecular weight excluding hydrogens is 308 g/mol. The lowest BCUT2D eigenvalue weighted by atomic mass is 10.1. The van der Waals surface area contributed by atoms with Gasteiger partial charge < -0.3 is 15.0 Å². The number of nitrogens with zero attached hydrogens (tertiary/aromatic N) is 2. The van der Waals surface area contributed by atoms with Gasteiger partial charge in [-0.25, -0.2) is 4.98 Å². The molecule has 1 heterocycles. The Balaban J connectivity index is 1.67. The summed E-state index contributed by atoms with van der Waals surface area (Å²) in [6.45, 7) is 0.602. The van der Waals surface area contributed by atoms with Crippen LogP contribution in [0.25, 0.3) is 11.3 Å². The molecule has 1 aromatic heterocycles. The molecule has 7 nitrogen and oxygen atoms in total. The summed E-state index contributed by atoms with van der Waals surface area (Å²) in [5.41, 5.74) is 2.76. The molecule has 3 aromatic rings. The van der Waals surface area contributed by atoms with Crippen LogP contribution in [0.1, 0.15) is 5.56 Å². The molecule has 0 spiro atoms. The van der Waals surface area contributed by atoms with Crippen molar-refractivity contribution in [1.29, 1.82) is 0 Å². The van der Waals surface area contributed by atoms with Crippen molar-refractivity contribution >= 4 is 11.6 Å². The van der Waals surface area contributed by atoms with Crippen LogP contribution >= 0.6 is 0 Å². The average molecular weight is 324 g/mol. The molecule has 7 heteroatoms. The fourth-order valence-electron chi connectivity index (χ4n) is 2.29. The quantitative estimate of drug-likeness (QED) is 0.534. The Morgan fingerprint density at radius 1 is 1.25 bits per heavy atom. The maximum absolute atomic E-state index is 10.7. The highest BCUT2D eigenvalue weighted by atomic mass is 16.6. The molecule has 2 N–H and O–H groups in total. The van der Waals surface area contributed by atoms with Crippen LogP contribution in [0, 0.1) is 10.1 Å². The van der Waals surface area contributed by atoms with E-state index in [0.29, 0.717) is 12.5 Å². The third-order valence-electron chi connectivity index (χ3n) is 3.56. The van der Waals surface area contributed by atoms with Crippen LogP contribution in [0.2, 0.25) is 0 Å². The van der Waals surface area contributed by atoms with Crippen molar-refractivity contribution in [3.63, 3.8) is 0 Å². The molecule has 3 rings (SSSR count). The first kappa shape index (κ1) is 15.5. The monoisotopic (exact) mass is 324 g/mol. The molecule has 0 atom stereocenters. The highest BCUT2D eigenvalue weighted by Gasteiger charge is 2.07. The van der Waals surface area contributed by atoms with Gasteiger partial charge in [-0.1, -0.05) is 12.1 Å². The summed E-state index contributed by atoms with van der Waals surface area (Å²) in [6.07, 6.45) is 1.69. The number of benzene rings is 2. The molecule has 0 aliphatic heterocycles. The first-order valence-corrected chi connectivity index (χ1v) is 7.32. The normalized spacial score (nSPS) is 10.4. The van der Waals surface area contributed by atoms with Gasteiger partial charge in [0, 0.05) is 24.2 Å². The Kier molecular flexibility index (Phi) is 4.42. The van der Waals surface area contributed by atoms with Crippen molar-refractivity contribution in [2.75, 3.05) is 12.4 Å². The zero-order valence-electron chi connectivity index (χ0n) is 13.0. The van der Waals surface area contributed by atoms with Crippen LogP contribution in [0.4, 0.5) is 11.6 Å². The minimum absolute atomic E-state index is 0.0645. The Bertz CT molecular complexity index is 843. The second-order valence-electron chi connectivity index (χ2n) is 5.15. The SMILES string of the molecule is COc1cccc(CNc2ncc(-c3ccc([N+](=O)[O-])cc3)[nH]2)c1. The predicted molar refractivity (Wildman–Crippen MR) is 91.0 cm³/mol. The third-order valence-corrected chi connectivity index (χ3v) is 3.56. The van der Waals surface area contributed by atoms with Crippen LogP contribution in [0.5, 0.6) is 5.75 Å². The van der Waals surface area contributed by atoms with E-state index in [0.717, 1.165) is 22.6 Å². The predicted octanol–water partition coefficient (Wildman–Crippen LogP) is 3.61. The lowest BCUT2D eigenvalue weighted by Crippen LogP contribution is -2.01. The van der Waals surface area contributed by atoms with Crippen molar-refractivity contribution in [2.24, 2.45) is 0 Å². The third kappa shape index (κ3) is 3.52. The number of nitro benzene ring substituents is 1. The molecule has 122 valence electrons. The van der Waals surface area contributed by atoms with E-state index in [1.54, 1.807) is 25.4 Å².